The lowest BCUT2D eigenvalue weighted by Gasteiger charge is -2.11. The molecule has 1 rings (SSSR count). The Morgan fingerprint density at radius 3 is 2.67 bits per heavy atom. The summed E-state index contributed by atoms with van der Waals surface area (Å²) in [7, 11) is 1.67. The van der Waals surface area contributed by atoms with Crippen LogP contribution in [0.1, 0.15) is 49.3 Å². The number of ether oxygens (including phenoxy) is 3. The zero-order valence-corrected chi connectivity index (χ0v) is 13.3. The summed E-state index contributed by atoms with van der Waals surface area (Å²) in [6, 6.07) is 0. The lowest BCUT2D eigenvalue weighted by atomic mass is 10.1. The molecule has 0 saturated heterocycles. The minimum atomic E-state index is -0.423. The minimum Gasteiger partial charge on any atom is -0.461 e. The van der Waals surface area contributed by atoms with Gasteiger partial charge in [0.15, 0.2) is 5.69 Å². The number of hydrogen-bond donors (Lipinski definition) is 0. The zero-order valence-electron chi connectivity index (χ0n) is 13.3. The van der Waals surface area contributed by atoms with Crippen LogP contribution in [0.15, 0.2) is 0 Å². The Balaban J connectivity index is 2.59. The number of methoxy groups -OCH3 is 1. The Morgan fingerprint density at radius 1 is 1.29 bits per heavy atom. The minimum absolute atomic E-state index is 0.132. The molecule has 7 heteroatoms. The molecule has 0 amide bonds. The highest BCUT2D eigenvalue weighted by molar-refractivity contribution is 5.88. The van der Waals surface area contributed by atoms with Gasteiger partial charge in [-0.15, -0.1) is 5.10 Å². The van der Waals surface area contributed by atoms with Crippen molar-refractivity contribution in [1.82, 2.24) is 15.0 Å². The quantitative estimate of drug-likeness (QED) is 0.483. The molecule has 1 heterocycles. The highest BCUT2D eigenvalue weighted by Gasteiger charge is 2.22. The van der Waals surface area contributed by atoms with Crippen LogP contribution in [0, 0.1) is 0 Å². The Labute approximate surface area is 125 Å². The second kappa shape index (κ2) is 9.46. The van der Waals surface area contributed by atoms with Crippen molar-refractivity contribution in [2.75, 3.05) is 33.5 Å². The Morgan fingerprint density at radius 2 is 2.05 bits per heavy atom. The molecule has 0 unspecified atom stereocenters. The molecular weight excluding hydrogens is 274 g/mol. The molecule has 0 aliphatic heterocycles. The van der Waals surface area contributed by atoms with E-state index >= 15 is 0 Å². The van der Waals surface area contributed by atoms with Crippen LogP contribution in [-0.2, 0) is 20.8 Å². The molecule has 1 aromatic rings. The SMILES string of the molecule is CCOC(=O)c1nnn(CCOCCCOC)c1C(C)C. The van der Waals surface area contributed by atoms with E-state index < -0.39 is 5.97 Å². The summed E-state index contributed by atoms with van der Waals surface area (Å²) < 4.78 is 17.2. The van der Waals surface area contributed by atoms with Gasteiger partial charge in [-0.1, -0.05) is 19.1 Å². The van der Waals surface area contributed by atoms with Crippen LogP contribution in [-0.4, -0.2) is 54.5 Å². The lowest BCUT2D eigenvalue weighted by molar-refractivity contribution is 0.0517. The number of carbonyl (C=O) groups is 1. The summed E-state index contributed by atoms with van der Waals surface area (Å²) in [6.45, 7) is 8.51. The van der Waals surface area contributed by atoms with E-state index in [2.05, 4.69) is 10.3 Å². The molecule has 0 aliphatic rings. The second-order valence-corrected chi connectivity index (χ2v) is 4.88. The summed E-state index contributed by atoms with van der Waals surface area (Å²) in [5.41, 5.74) is 1.08. The number of esters is 1. The van der Waals surface area contributed by atoms with Gasteiger partial charge < -0.3 is 14.2 Å². The van der Waals surface area contributed by atoms with Crippen molar-refractivity contribution in [3.8, 4) is 0 Å². The van der Waals surface area contributed by atoms with Gasteiger partial charge in [0, 0.05) is 20.3 Å². The van der Waals surface area contributed by atoms with E-state index in [1.807, 2.05) is 13.8 Å². The zero-order chi connectivity index (χ0) is 15.7. The second-order valence-electron chi connectivity index (χ2n) is 4.88. The molecule has 0 bridgehead atoms. The first-order valence-electron chi connectivity index (χ1n) is 7.29. The molecule has 0 atom stereocenters. The van der Waals surface area contributed by atoms with Crippen LogP contribution in [0.2, 0.25) is 0 Å². The number of aromatic nitrogens is 3. The first kappa shape index (κ1) is 17.6. The van der Waals surface area contributed by atoms with E-state index in [1.165, 1.54) is 0 Å². The normalized spacial score (nSPS) is 11.1. The van der Waals surface area contributed by atoms with Crippen LogP contribution in [0.25, 0.3) is 0 Å². The van der Waals surface area contributed by atoms with Crippen molar-refractivity contribution in [3.05, 3.63) is 11.4 Å². The molecule has 0 saturated carbocycles. The molecule has 0 N–H and O–H groups in total. The monoisotopic (exact) mass is 299 g/mol. The maximum absolute atomic E-state index is 11.8. The summed E-state index contributed by atoms with van der Waals surface area (Å²) in [5, 5.41) is 7.98. The number of nitrogens with zero attached hydrogens (tertiary/aromatic N) is 3. The maximum atomic E-state index is 11.8. The smallest absolute Gasteiger partial charge is 0.360 e. The first-order chi connectivity index (χ1) is 10.1. The predicted molar refractivity (Wildman–Crippen MR) is 77.4 cm³/mol. The van der Waals surface area contributed by atoms with Gasteiger partial charge in [-0.2, -0.15) is 0 Å². The van der Waals surface area contributed by atoms with Gasteiger partial charge in [-0.05, 0) is 19.3 Å². The van der Waals surface area contributed by atoms with Crippen molar-refractivity contribution < 1.29 is 19.0 Å². The van der Waals surface area contributed by atoms with Gasteiger partial charge in [0.1, 0.15) is 0 Å². The van der Waals surface area contributed by atoms with Crippen molar-refractivity contribution in [2.24, 2.45) is 0 Å². The van der Waals surface area contributed by atoms with Gasteiger partial charge in [0.2, 0.25) is 0 Å². The highest BCUT2D eigenvalue weighted by atomic mass is 16.5. The fourth-order valence-corrected chi connectivity index (χ4v) is 1.96. The third-order valence-corrected chi connectivity index (χ3v) is 2.87. The van der Waals surface area contributed by atoms with Gasteiger partial charge in [0.25, 0.3) is 0 Å². The van der Waals surface area contributed by atoms with Crippen molar-refractivity contribution in [3.63, 3.8) is 0 Å². The fraction of sp³-hybridized carbons (Fsp3) is 0.786. The molecule has 120 valence electrons. The van der Waals surface area contributed by atoms with Crippen molar-refractivity contribution in [2.45, 2.75) is 39.7 Å². The molecule has 0 spiro atoms. The predicted octanol–water partition coefficient (Wildman–Crippen LogP) is 1.63. The van der Waals surface area contributed by atoms with E-state index in [1.54, 1.807) is 18.7 Å². The number of carbonyl (C=O) groups excluding carboxylic acids is 1. The van der Waals surface area contributed by atoms with Gasteiger partial charge in [-0.25, -0.2) is 9.48 Å². The van der Waals surface area contributed by atoms with Crippen molar-refractivity contribution in [1.29, 1.82) is 0 Å². The summed E-state index contributed by atoms with van der Waals surface area (Å²) in [5.74, 6) is -0.290. The number of rotatable bonds is 10. The summed E-state index contributed by atoms with van der Waals surface area (Å²) in [6.07, 6.45) is 0.860. The van der Waals surface area contributed by atoms with E-state index in [4.69, 9.17) is 14.2 Å². The van der Waals surface area contributed by atoms with Crippen LogP contribution >= 0.6 is 0 Å². The summed E-state index contributed by atoms with van der Waals surface area (Å²) in [4.78, 5) is 11.8. The average molecular weight is 299 g/mol. The molecule has 0 aliphatic carbocycles. The Kier molecular flexibility index (Phi) is 7.92. The summed E-state index contributed by atoms with van der Waals surface area (Å²) >= 11 is 0. The van der Waals surface area contributed by atoms with Gasteiger partial charge >= 0.3 is 5.97 Å². The van der Waals surface area contributed by atoms with E-state index in [9.17, 15) is 4.79 Å². The first-order valence-corrected chi connectivity index (χ1v) is 7.29. The molecule has 0 fully saturated rings. The Bertz CT molecular complexity index is 432. The maximum Gasteiger partial charge on any atom is 0.360 e. The van der Waals surface area contributed by atoms with Gasteiger partial charge in [-0.3, -0.25) is 0 Å². The Hall–Kier alpha value is -1.47. The topological polar surface area (TPSA) is 75.5 Å². The van der Waals surface area contributed by atoms with Crippen molar-refractivity contribution >= 4 is 5.97 Å². The highest BCUT2D eigenvalue weighted by Crippen LogP contribution is 2.18. The average Bonchev–Trinajstić information content (AvgIpc) is 2.87. The van der Waals surface area contributed by atoms with E-state index in [-0.39, 0.29) is 5.92 Å². The largest absolute Gasteiger partial charge is 0.461 e. The molecule has 21 heavy (non-hydrogen) atoms. The molecule has 0 radical (unpaired) electrons. The third kappa shape index (κ3) is 5.43. The standard InChI is InChI=1S/C14H25N3O4/c1-5-21-14(18)12-13(11(2)3)17(16-15-12)7-10-20-9-6-8-19-4/h11H,5-10H2,1-4H3. The number of hydrogen-bond acceptors (Lipinski definition) is 6. The molecule has 7 nitrogen and oxygen atoms in total. The van der Waals surface area contributed by atoms with Crippen LogP contribution in [0.5, 0.6) is 0 Å². The van der Waals surface area contributed by atoms with Crippen LogP contribution in [0.3, 0.4) is 0 Å². The van der Waals surface area contributed by atoms with Crippen LogP contribution < -0.4 is 0 Å². The van der Waals surface area contributed by atoms with Gasteiger partial charge in [0.05, 0.1) is 25.5 Å². The third-order valence-electron chi connectivity index (χ3n) is 2.87. The lowest BCUT2D eigenvalue weighted by Crippen LogP contribution is -2.15. The molecule has 1 aromatic heterocycles. The van der Waals surface area contributed by atoms with E-state index in [0.29, 0.717) is 38.7 Å². The fourth-order valence-electron chi connectivity index (χ4n) is 1.96. The van der Waals surface area contributed by atoms with Crippen LogP contribution in [0.4, 0.5) is 0 Å². The van der Waals surface area contributed by atoms with E-state index in [0.717, 1.165) is 12.1 Å². The molecule has 0 aromatic carbocycles. The molecular formula is C14H25N3O4.